The average Bonchev–Trinajstić information content (AvgIpc) is 2.95. The second-order valence-electron chi connectivity index (χ2n) is 11.4. The van der Waals surface area contributed by atoms with Crippen molar-refractivity contribution in [1.82, 2.24) is 15.0 Å². The van der Waals surface area contributed by atoms with Crippen molar-refractivity contribution in [2.24, 2.45) is 29.6 Å². The summed E-state index contributed by atoms with van der Waals surface area (Å²) in [6.07, 6.45) is 6.19. The molecule has 40 heavy (non-hydrogen) atoms. The molecule has 2 N–H and O–H groups in total. The first kappa shape index (κ1) is 25.0. The molecular formula is C32H31ClN6O. The third-order valence-electron chi connectivity index (χ3n) is 8.79. The molecule has 4 aromatic rings. The molecule has 202 valence electrons. The van der Waals surface area contributed by atoms with Crippen LogP contribution in [0.3, 0.4) is 0 Å². The molecule has 1 heterocycles. The predicted molar refractivity (Wildman–Crippen MR) is 158 cm³/mol. The molecule has 4 fully saturated rings. The minimum Gasteiger partial charge on any atom is -0.324 e. The Balaban J connectivity index is 1.16. The van der Waals surface area contributed by atoms with Crippen molar-refractivity contribution >= 4 is 52.2 Å². The van der Waals surface area contributed by atoms with Gasteiger partial charge in [-0.25, -0.2) is 0 Å². The lowest BCUT2D eigenvalue weighted by atomic mass is 9.51. The standard InChI is InChI=1S/C32H31ClN6O/c33-30-36-31(38-32(37-30)39(24-9-3-1-4-10-24)25-11-5-2-6-12-25)35-27-14-8-7-13-26(27)34-29(40)28-22-16-20-15-21(18-22)19-23(28)17-20/h1-14,20-23,28H,15-19H2,(H,34,40)(H,35,36,37,38). The zero-order valence-corrected chi connectivity index (χ0v) is 22.8. The van der Waals surface area contributed by atoms with Gasteiger partial charge >= 0.3 is 0 Å². The number of hydrogen-bond acceptors (Lipinski definition) is 6. The van der Waals surface area contributed by atoms with E-state index in [0.29, 0.717) is 35.1 Å². The van der Waals surface area contributed by atoms with E-state index in [-0.39, 0.29) is 17.1 Å². The number of benzene rings is 3. The Bertz CT molecular complexity index is 1450. The molecular weight excluding hydrogens is 520 g/mol. The molecule has 4 bridgehead atoms. The predicted octanol–water partition coefficient (Wildman–Crippen LogP) is 7.75. The summed E-state index contributed by atoms with van der Waals surface area (Å²) in [5.41, 5.74) is 3.21. The third-order valence-corrected chi connectivity index (χ3v) is 8.96. The number of aromatic nitrogens is 3. The molecule has 0 unspecified atom stereocenters. The fourth-order valence-electron chi connectivity index (χ4n) is 7.42. The molecule has 0 aliphatic heterocycles. The number of para-hydroxylation sites is 4. The van der Waals surface area contributed by atoms with Crippen molar-refractivity contribution in [3.05, 3.63) is 90.2 Å². The van der Waals surface area contributed by atoms with Gasteiger partial charge in [0.15, 0.2) is 0 Å². The van der Waals surface area contributed by atoms with Crippen molar-refractivity contribution in [2.45, 2.75) is 32.1 Å². The molecule has 4 aliphatic rings. The number of amides is 1. The van der Waals surface area contributed by atoms with Gasteiger partial charge in [0.2, 0.25) is 23.1 Å². The highest BCUT2D eigenvalue weighted by atomic mass is 35.5. The number of rotatable bonds is 7. The summed E-state index contributed by atoms with van der Waals surface area (Å²) in [4.78, 5) is 29.1. The lowest BCUT2D eigenvalue weighted by Gasteiger charge is -2.53. The molecule has 0 saturated heterocycles. The van der Waals surface area contributed by atoms with E-state index in [0.717, 1.165) is 23.2 Å². The maximum Gasteiger partial charge on any atom is 0.240 e. The number of carbonyl (C=O) groups excluding carboxylic acids is 1. The minimum atomic E-state index is 0.0690. The van der Waals surface area contributed by atoms with E-state index in [2.05, 4.69) is 20.6 Å². The summed E-state index contributed by atoms with van der Waals surface area (Å²) in [5, 5.41) is 6.61. The molecule has 8 heteroatoms. The Labute approximate surface area is 239 Å². The van der Waals surface area contributed by atoms with E-state index in [1.54, 1.807) is 0 Å². The van der Waals surface area contributed by atoms with Gasteiger partial charge in [-0.05, 0) is 104 Å². The maximum absolute atomic E-state index is 13.6. The maximum atomic E-state index is 13.6. The van der Waals surface area contributed by atoms with Gasteiger partial charge in [-0.1, -0.05) is 48.5 Å². The van der Waals surface area contributed by atoms with Gasteiger partial charge in [0, 0.05) is 17.3 Å². The van der Waals surface area contributed by atoms with Crippen molar-refractivity contribution in [3.8, 4) is 0 Å². The summed E-state index contributed by atoms with van der Waals surface area (Å²) in [6, 6.07) is 27.5. The Hall–Kier alpha value is -3.97. The SMILES string of the molecule is O=C(Nc1ccccc1Nc1nc(Cl)nc(N(c2ccccc2)c2ccccc2)n1)C1C2CC3CC(C2)CC1C3. The molecule has 4 saturated carbocycles. The van der Waals surface area contributed by atoms with Crippen molar-refractivity contribution < 1.29 is 4.79 Å². The molecule has 8 rings (SSSR count). The summed E-state index contributed by atoms with van der Waals surface area (Å²) in [7, 11) is 0. The van der Waals surface area contributed by atoms with Crippen LogP contribution in [0.25, 0.3) is 0 Å². The van der Waals surface area contributed by atoms with Crippen molar-refractivity contribution in [2.75, 3.05) is 15.5 Å². The lowest BCUT2D eigenvalue weighted by molar-refractivity contribution is -0.132. The smallest absolute Gasteiger partial charge is 0.240 e. The van der Waals surface area contributed by atoms with Crippen molar-refractivity contribution in [1.29, 1.82) is 0 Å². The number of halogens is 1. The van der Waals surface area contributed by atoms with Crippen molar-refractivity contribution in [3.63, 3.8) is 0 Å². The van der Waals surface area contributed by atoms with E-state index in [4.69, 9.17) is 16.6 Å². The van der Waals surface area contributed by atoms with Gasteiger partial charge in [-0.2, -0.15) is 15.0 Å². The average molecular weight is 551 g/mol. The third kappa shape index (κ3) is 4.90. The summed E-state index contributed by atoms with van der Waals surface area (Å²) >= 11 is 6.43. The zero-order valence-electron chi connectivity index (χ0n) is 22.1. The molecule has 1 amide bonds. The Kier molecular flexibility index (Phi) is 6.60. The quantitative estimate of drug-likeness (QED) is 0.245. The Morgan fingerprint density at radius 1 is 0.700 bits per heavy atom. The number of anilines is 6. The first-order valence-electron chi connectivity index (χ1n) is 14.1. The lowest BCUT2D eigenvalue weighted by Crippen LogP contribution is -2.49. The first-order valence-corrected chi connectivity index (χ1v) is 14.5. The Morgan fingerprint density at radius 3 is 1.85 bits per heavy atom. The van der Waals surface area contributed by atoms with Crippen LogP contribution in [0.1, 0.15) is 32.1 Å². The van der Waals surface area contributed by atoms with E-state index in [1.807, 2.05) is 89.8 Å². The molecule has 0 atom stereocenters. The van der Waals surface area contributed by atoms with Crippen LogP contribution >= 0.6 is 11.6 Å². The highest BCUT2D eigenvalue weighted by molar-refractivity contribution is 6.28. The normalized spacial score (nSPS) is 24.5. The second-order valence-corrected chi connectivity index (χ2v) is 11.7. The van der Waals surface area contributed by atoms with Gasteiger partial charge in [-0.15, -0.1) is 0 Å². The van der Waals surface area contributed by atoms with Crippen LogP contribution in [0.5, 0.6) is 0 Å². The first-order chi connectivity index (χ1) is 19.6. The fourth-order valence-corrected chi connectivity index (χ4v) is 7.58. The van der Waals surface area contributed by atoms with Gasteiger partial charge in [0.25, 0.3) is 0 Å². The van der Waals surface area contributed by atoms with Gasteiger partial charge in [0.1, 0.15) is 0 Å². The Morgan fingerprint density at radius 2 is 1.25 bits per heavy atom. The minimum absolute atomic E-state index is 0.0690. The van der Waals surface area contributed by atoms with E-state index in [9.17, 15) is 4.79 Å². The van der Waals surface area contributed by atoms with Crippen LogP contribution < -0.4 is 15.5 Å². The largest absolute Gasteiger partial charge is 0.324 e. The molecule has 3 aromatic carbocycles. The van der Waals surface area contributed by atoms with Crippen LogP contribution in [0.2, 0.25) is 5.28 Å². The highest BCUT2D eigenvalue weighted by Gasteiger charge is 2.50. The summed E-state index contributed by atoms with van der Waals surface area (Å²) in [5.74, 6) is 3.61. The fraction of sp³-hybridized carbons (Fsp3) is 0.312. The molecule has 7 nitrogen and oxygen atoms in total. The van der Waals surface area contributed by atoms with Crippen LogP contribution in [0.4, 0.5) is 34.6 Å². The molecule has 1 aromatic heterocycles. The van der Waals surface area contributed by atoms with Crippen LogP contribution in [-0.2, 0) is 4.79 Å². The number of carbonyl (C=O) groups is 1. The molecule has 4 aliphatic carbocycles. The van der Waals surface area contributed by atoms with Crippen LogP contribution in [0, 0.1) is 29.6 Å². The van der Waals surface area contributed by atoms with E-state index >= 15 is 0 Å². The summed E-state index contributed by atoms with van der Waals surface area (Å²) in [6.45, 7) is 0. The number of nitrogens with one attached hydrogen (secondary N) is 2. The molecule has 0 spiro atoms. The number of nitrogens with zero attached hydrogens (tertiary/aromatic N) is 4. The number of hydrogen-bond donors (Lipinski definition) is 2. The summed E-state index contributed by atoms with van der Waals surface area (Å²) < 4.78 is 0. The second kappa shape index (κ2) is 10.5. The van der Waals surface area contributed by atoms with Gasteiger partial charge in [0.05, 0.1) is 11.4 Å². The van der Waals surface area contributed by atoms with E-state index in [1.165, 1.54) is 32.1 Å². The topological polar surface area (TPSA) is 83.0 Å². The van der Waals surface area contributed by atoms with Gasteiger partial charge < -0.3 is 10.6 Å². The monoisotopic (exact) mass is 550 g/mol. The zero-order chi connectivity index (χ0) is 27.1. The van der Waals surface area contributed by atoms with Crippen LogP contribution in [-0.4, -0.2) is 20.9 Å². The van der Waals surface area contributed by atoms with Gasteiger partial charge in [-0.3, -0.25) is 9.69 Å². The molecule has 0 radical (unpaired) electrons. The van der Waals surface area contributed by atoms with E-state index < -0.39 is 0 Å². The van der Waals surface area contributed by atoms with Crippen LogP contribution in [0.15, 0.2) is 84.9 Å². The highest BCUT2D eigenvalue weighted by Crippen LogP contribution is 2.56.